The van der Waals surface area contributed by atoms with Crippen LogP contribution in [0.4, 0.5) is 10.1 Å². The third kappa shape index (κ3) is 3.62. The quantitative estimate of drug-likeness (QED) is 0.698. The van der Waals surface area contributed by atoms with Gasteiger partial charge in [-0.05, 0) is 42.8 Å². The van der Waals surface area contributed by atoms with Crippen molar-refractivity contribution in [2.75, 3.05) is 5.32 Å². The van der Waals surface area contributed by atoms with E-state index in [1.807, 2.05) is 19.1 Å². The Balaban J connectivity index is 2.22. The summed E-state index contributed by atoms with van der Waals surface area (Å²) in [6.45, 7) is 1.96. The lowest BCUT2D eigenvalue weighted by atomic mass is 10.1. The minimum Gasteiger partial charge on any atom is -0.377 e. The SMILES string of the molecule is CC(Nc1cc(Br)ccc1Cl)c1ccc(F)c(Cl)c1. The van der Waals surface area contributed by atoms with Crippen molar-refractivity contribution in [3.05, 3.63) is 62.3 Å². The number of anilines is 1. The van der Waals surface area contributed by atoms with Crippen LogP contribution in [0.15, 0.2) is 40.9 Å². The number of nitrogens with one attached hydrogen (secondary N) is 1. The van der Waals surface area contributed by atoms with Crippen LogP contribution in [-0.2, 0) is 0 Å². The van der Waals surface area contributed by atoms with Crippen LogP contribution in [-0.4, -0.2) is 0 Å². The van der Waals surface area contributed by atoms with Crippen LogP contribution in [0.25, 0.3) is 0 Å². The highest BCUT2D eigenvalue weighted by atomic mass is 79.9. The van der Waals surface area contributed by atoms with Gasteiger partial charge in [-0.3, -0.25) is 0 Å². The van der Waals surface area contributed by atoms with Crippen molar-refractivity contribution >= 4 is 44.8 Å². The smallest absolute Gasteiger partial charge is 0.141 e. The van der Waals surface area contributed by atoms with E-state index in [2.05, 4.69) is 21.2 Å². The lowest BCUT2D eigenvalue weighted by molar-refractivity contribution is 0.627. The van der Waals surface area contributed by atoms with Crippen molar-refractivity contribution in [1.29, 1.82) is 0 Å². The predicted octanol–water partition coefficient (Wildman–Crippen LogP) is 6.07. The number of halogens is 4. The summed E-state index contributed by atoms with van der Waals surface area (Å²) in [5, 5.41) is 4.02. The molecule has 19 heavy (non-hydrogen) atoms. The fraction of sp³-hybridized carbons (Fsp3) is 0.143. The zero-order valence-corrected chi connectivity index (χ0v) is 13.2. The van der Waals surface area contributed by atoms with Gasteiger partial charge in [0.2, 0.25) is 0 Å². The van der Waals surface area contributed by atoms with Crippen molar-refractivity contribution in [2.45, 2.75) is 13.0 Å². The van der Waals surface area contributed by atoms with E-state index in [-0.39, 0.29) is 11.1 Å². The zero-order valence-electron chi connectivity index (χ0n) is 10.1. The number of benzene rings is 2. The Morgan fingerprint density at radius 2 is 1.84 bits per heavy atom. The molecule has 0 heterocycles. The van der Waals surface area contributed by atoms with E-state index in [1.54, 1.807) is 18.2 Å². The lowest BCUT2D eigenvalue weighted by Crippen LogP contribution is -2.07. The predicted molar refractivity (Wildman–Crippen MR) is 82.6 cm³/mol. The Hall–Kier alpha value is -0.770. The van der Waals surface area contributed by atoms with E-state index < -0.39 is 5.82 Å². The molecule has 0 amide bonds. The average Bonchev–Trinajstić information content (AvgIpc) is 2.37. The maximum atomic E-state index is 13.1. The molecule has 2 rings (SSSR count). The number of rotatable bonds is 3. The van der Waals surface area contributed by atoms with E-state index >= 15 is 0 Å². The first-order chi connectivity index (χ1) is 8.97. The van der Waals surface area contributed by atoms with Crippen molar-refractivity contribution in [2.24, 2.45) is 0 Å². The van der Waals surface area contributed by atoms with Gasteiger partial charge < -0.3 is 5.32 Å². The second-order valence-electron chi connectivity index (χ2n) is 4.16. The van der Waals surface area contributed by atoms with E-state index in [1.165, 1.54) is 6.07 Å². The first-order valence-corrected chi connectivity index (χ1v) is 7.19. The van der Waals surface area contributed by atoms with Gasteiger partial charge in [-0.15, -0.1) is 0 Å². The molecule has 2 aromatic carbocycles. The van der Waals surface area contributed by atoms with E-state index in [0.717, 1.165) is 15.7 Å². The Bertz CT molecular complexity index is 604. The summed E-state index contributed by atoms with van der Waals surface area (Å²) < 4.78 is 14.1. The topological polar surface area (TPSA) is 12.0 Å². The molecule has 2 aromatic rings. The van der Waals surface area contributed by atoms with E-state index in [4.69, 9.17) is 23.2 Å². The van der Waals surface area contributed by atoms with Crippen molar-refractivity contribution in [3.8, 4) is 0 Å². The van der Waals surface area contributed by atoms with Gasteiger partial charge in [-0.1, -0.05) is 45.2 Å². The molecule has 0 aromatic heterocycles. The van der Waals surface area contributed by atoms with Crippen LogP contribution < -0.4 is 5.32 Å². The molecule has 0 fully saturated rings. The molecule has 0 bridgehead atoms. The van der Waals surface area contributed by atoms with Crippen LogP contribution >= 0.6 is 39.1 Å². The number of hydrogen-bond acceptors (Lipinski definition) is 1. The fourth-order valence-electron chi connectivity index (χ4n) is 1.71. The summed E-state index contributed by atoms with van der Waals surface area (Å²) >= 11 is 15.3. The van der Waals surface area contributed by atoms with Gasteiger partial charge in [0.05, 0.1) is 15.7 Å². The molecule has 100 valence electrons. The summed E-state index contributed by atoms with van der Waals surface area (Å²) in [5.41, 5.74) is 1.70. The third-order valence-electron chi connectivity index (χ3n) is 2.74. The average molecular weight is 363 g/mol. The van der Waals surface area contributed by atoms with Crippen LogP contribution in [0, 0.1) is 5.82 Å². The molecule has 0 saturated carbocycles. The van der Waals surface area contributed by atoms with Gasteiger partial charge in [-0.25, -0.2) is 4.39 Å². The molecule has 0 aliphatic rings. The second-order valence-corrected chi connectivity index (χ2v) is 5.89. The molecule has 1 atom stereocenters. The first-order valence-electron chi connectivity index (χ1n) is 5.64. The molecule has 0 spiro atoms. The highest BCUT2D eigenvalue weighted by molar-refractivity contribution is 9.10. The molecule has 1 unspecified atom stereocenters. The molecule has 1 nitrogen and oxygen atoms in total. The zero-order chi connectivity index (χ0) is 14.0. The monoisotopic (exact) mass is 361 g/mol. The minimum absolute atomic E-state index is 0.0371. The van der Waals surface area contributed by atoms with Crippen LogP contribution in [0.5, 0.6) is 0 Å². The van der Waals surface area contributed by atoms with E-state index in [9.17, 15) is 4.39 Å². The number of hydrogen-bond donors (Lipinski definition) is 1. The molecular weight excluding hydrogens is 352 g/mol. The van der Waals surface area contributed by atoms with Gasteiger partial charge in [0.15, 0.2) is 0 Å². The molecule has 1 N–H and O–H groups in total. The second kappa shape index (κ2) is 6.12. The van der Waals surface area contributed by atoms with Crippen LogP contribution in [0.2, 0.25) is 10.0 Å². The summed E-state index contributed by atoms with van der Waals surface area (Å²) in [6, 6.07) is 10.2. The molecule has 0 aliphatic heterocycles. The molecule has 0 saturated heterocycles. The Kier molecular flexibility index (Phi) is 4.71. The summed E-state index contributed by atoms with van der Waals surface area (Å²) in [5.74, 6) is -0.418. The van der Waals surface area contributed by atoms with Gasteiger partial charge in [0.1, 0.15) is 5.82 Å². The molecular formula is C14H11BrCl2FN. The third-order valence-corrected chi connectivity index (χ3v) is 3.86. The van der Waals surface area contributed by atoms with Crippen LogP contribution in [0.1, 0.15) is 18.5 Å². The Morgan fingerprint density at radius 3 is 2.53 bits per heavy atom. The van der Waals surface area contributed by atoms with Crippen molar-refractivity contribution in [1.82, 2.24) is 0 Å². The molecule has 0 aliphatic carbocycles. The van der Waals surface area contributed by atoms with Gasteiger partial charge in [0, 0.05) is 10.5 Å². The summed E-state index contributed by atoms with van der Waals surface area (Å²) in [4.78, 5) is 0. The van der Waals surface area contributed by atoms with Crippen molar-refractivity contribution < 1.29 is 4.39 Å². The highest BCUT2D eigenvalue weighted by Crippen LogP contribution is 2.30. The standard InChI is InChI=1S/C14H11BrCl2FN/c1-8(9-2-5-13(18)12(17)6-9)19-14-7-10(15)3-4-11(14)16/h2-8,19H,1H3. The normalized spacial score (nSPS) is 12.3. The molecule has 0 radical (unpaired) electrons. The first kappa shape index (κ1) is 14.6. The van der Waals surface area contributed by atoms with E-state index in [0.29, 0.717) is 5.02 Å². The van der Waals surface area contributed by atoms with Gasteiger partial charge >= 0.3 is 0 Å². The fourth-order valence-corrected chi connectivity index (χ4v) is 2.43. The molecule has 5 heteroatoms. The largest absolute Gasteiger partial charge is 0.377 e. The maximum Gasteiger partial charge on any atom is 0.141 e. The Morgan fingerprint density at radius 1 is 1.11 bits per heavy atom. The van der Waals surface area contributed by atoms with Crippen molar-refractivity contribution in [3.63, 3.8) is 0 Å². The Labute approximate surface area is 129 Å². The minimum atomic E-state index is -0.418. The lowest BCUT2D eigenvalue weighted by Gasteiger charge is -2.17. The summed E-state index contributed by atoms with van der Waals surface area (Å²) in [7, 11) is 0. The van der Waals surface area contributed by atoms with Gasteiger partial charge in [0.25, 0.3) is 0 Å². The highest BCUT2D eigenvalue weighted by Gasteiger charge is 2.10. The van der Waals surface area contributed by atoms with Gasteiger partial charge in [-0.2, -0.15) is 0 Å². The maximum absolute atomic E-state index is 13.1. The van der Waals surface area contributed by atoms with Crippen LogP contribution in [0.3, 0.4) is 0 Å². The summed E-state index contributed by atoms with van der Waals surface area (Å²) in [6.07, 6.45) is 0.